The van der Waals surface area contributed by atoms with Crippen LogP contribution in [0.15, 0.2) is 12.3 Å². The fourth-order valence-corrected chi connectivity index (χ4v) is 1.32. The summed E-state index contributed by atoms with van der Waals surface area (Å²) in [7, 11) is 0. The molecule has 0 saturated heterocycles. The largest absolute Gasteiger partial charge is 0.350 e. The third kappa shape index (κ3) is 0.632. The first-order valence-corrected chi connectivity index (χ1v) is 3.50. The van der Waals surface area contributed by atoms with E-state index >= 15 is 0 Å². The van der Waals surface area contributed by atoms with Crippen molar-refractivity contribution in [2.75, 3.05) is 11.4 Å². The topological polar surface area (TPSA) is 21.1 Å². The number of rotatable bonds is 1. The lowest BCUT2D eigenvalue weighted by Crippen LogP contribution is -2.14. The molecule has 0 atom stereocenters. The van der Waals surface area contributed by atoms with Crippen LogP contribution < -0.4 is 4.90 Å². The van der Waals surface area contributed by atoms with Crippen molar-refractivity contribution in [1.82, 2.24) is 9.78 Å². The highest BCUT2D eigenvalue weighted by atomic mass is 15.4. The summed E-state index contributed by atoms with van der Waals surface area (Å²) in [5.41, 5.74) is 0. The van der Waals surface area contributed by atoms with Crippen molar-refractivity contribution in [3.8, 4) is 0 Å². The van der Waals surface area contributed by atoms with Gasteiger partial charge in [0.15, 0.2) is 0 Å². The minimum atomic E-state index is 1.02. The summed E-state index contributed by atoms with van der Waals surface area (Å²) in [6, 6.07) is 2.03. The zero-order chi connectivity index (χ0) is 6.97. The molecule has 1 radical (unpaired) electrons. The average Bonchev–Trinajstić information content (AvgIpc) is 2.44. The highest BCUT2D eigenvalue weighted by Gasteiger charge is 2.16. The lowest BCUT2D eigenvalue weighted by molar-refractivity contribution is 0.691. The van der Waals surface area contributed by atoms with Crippen molar-refractivity contribution >= 4 is 5.82 Å². The van der Waals surface area contributed by atoms with Gasteiger partial charge in [0.25, 0.3) is 0 Å². The Kier molecular flexibility index (Phi) is 1.16. The average molecular weight is 136 g/mol. The van der Waals surface area contributed by atoms with Crippen molar-refractivity contribution in [2.24, 2.45) is 0 Å². The van der Waals surface area contributed by atoms with E-state index in [0.717, 1.165) is 13.1 Å². The number of nitrogens with zero attached hydrogens (tertiary/aromatic N) is 3. The van der Waals surface area contributed by atoms with Crippen LogP contribution in [0.2, 0.25) is 0 Å². The molecule has 0 bridgehead atoms. The van der Waals surface area contributed by atoms with Crippen LogP contribution >= 0.6 is 0 Å². The molecule has 0 fully saturated rings. The van der Waals surface area contributed by atoms with Crippen molar-refractivity contribution in [3.05, 3.63) is 18.8 Å². The molecule has 1 aromatic heterocycles. The summed E-state index contributed by atoms with van der Waals surface area (Å²) < 4.78 is 2.01. The van der Waals surface area contributed by atoms with Crippen LogP contribution in [0, 0.1) is 6.54 Å². The molecule has 0 saturated carbocycles. The third-order valence-corrected chi connectivity index (χ3v) is 1.85. The summed E-state index contributed by atoms with van der Waals surface area (Å²) in [5.74, 6) is 1.21. The Balaban J connectivity index is 2.34. The minimum absolute atomic E-state index is 1.02. The maximum Gasteiger partial charge on any atom is 0.127 e. The molecule has 0 aliphatic carbocycles. The molecule has 1 aliphatic heterocycles. The molecule has 0 unspecified atom stereocenters. The highest BCUT2D eigenvalue weighted by molar-refractivity contribution is 5.42. The molecule has 0 N–H and O–H groups in total. The summed E-state index contributed by atoms with van der Waals surface area (Å²) in [6.07, 6.45) is 1.84. The van der Waals surface area contributed by atoms with Gasteiger partial charge in [-0.2, -0.15) is 5.10 Å². The Bertz CT molecular complexity index is 229. The van der Waals surface area contributed by atoms with Crippen LogP contribution in [-0.2, 0) is 6.54 Å². The molecule has 1 aliphatic rings. The van der Waals surface area contributed by atoms with E-state index in [-0.39, 0.29) is 0 Å². The standard InChI is InChI=1S/C7H10N3/c1-2-9-5-6-10-7(9)3-4-8-10/h2-4H,5-6H2,1H3. The Morgan fingerprint density at radius 1 is 1.60 bits per heavy atom. The second-order valence-corrected chi connectivity index (χ2v) is 2.36. The van der Waals surface area contributed by atoms with Gasteiger partial charge in [-0.25, -0.2) is 4.68 Å². The van der Waals surface area contributed by atoms with E-state index in [9.17, 15) is 0 Å². The maximum absolute atomic E-state index is 4.15. The van der Waals surface area contributed by atoms with Gasteiger partial charge in [0.2, 0.25) is 0 Å². The molecule has 3 heteroatoms. The van der Waals surface area contributed by atoms with Crippen LogP contribution in [0.5, 0.6) is 0 Å². The molecule has 0 aromatic carbocycles. The molecule has 2 heterocycles. The lowest BCUT2D eigenvalue weighted by atomic mass is 10.5. The molecular formula is C7H10N3. The SMILES string of the molecule is C[CH]N1CCn2nccc21. The van der Waals surface area contributed by atoms with Gasteiger partial charge < -0.3 is 4.90 Å². The predicted octanol–water partition coefficient (Wildman–Crippen LogP) is 0.885. The van der Waals surface area contributed by atoms with E-state index in [1.807, 2.05) is 23.9 Å². The van der Waals surface area contributed by atoms with Crippen molar-refractivity contribution < 1.29 is 0 Å². The van der Waals surface area contributed by atoms with Crippen molar-refractivity contribution in [2.45, 2.75) is 13.5 Å². The first kappa shape index (κ1) is 5.77. The minimum Gasteiger partial charge on any atom is -0.350 e. The number of hydrogen-bond acceptors (Lipinski definition) is 2. The fourth-order valence-electron chi connectivity index (χ4n) is 1.32. The Morgan fingerprint density at radius 3 is 3.30 bits per heavy atom. The monoisotopic (exact) mass is 136 g/mol. The second kappa shape index (κ2) is 2.01. The van der Waals surface area contributed by atoms with E-state index in [1.165, 1.54) is 5.82 Å². The van der Waals surface area contributed by atoms with Crippen molar-refractivity contribution in [1.29, 1.82) is 0 Å². The summed E-state index contributed by atoms with van der Waals surface area (Å²) in [6.45, 7) is 6.22. The fraction of sp³-hybridized carbons (Fsp3) is 0.429. The van der Waals surface area contributed by atoms with E-state index in [1.54, 1.807) is 0 Å². The van der Waals surface area contributed by atoms with Crippen LogP contribution in [0.25, 0.3) is 0 Å². The molecule has 0 spiro atoms. The van der Waals surface area contributed by atoms with E-state index < -0.39 is 0 Å². The van der Waals surface area contributed by atoms with Gasteiger partial charge in [0.05, 0.1) is 12.7 Å². The Labute approximate surface area is 60.3 Å². The third-order valence-electron chi connectivity index (χ3n) is 1.85. The van der Waals surface area contributed by atoms with Crippen LogP contribution in [0.4, 0.5) is 5.82 Å². The molecule has 0 amide bonds. The summed E-state index contributed by atoms with van der Waals surface area (Å²) >= 11 is 0. The highest BCUT2D eigenvalue weighted by Crippen LogP contribution is 2.19. The molecule has 3 nitrogen and oxygen atoms in total. The van der Waals surface area contributed by atoms with Gasteiger partial charge in [0, 0.05) is 19.2 Å². The molecule has 53 valence electrons. The first-order valence-electron chi connectivity index (χ1n) is 3.50. The van der Waals surface area contributed by atoms with Crippen LogP contribution in [0.1, 0.15) is 6.92 Å². The maximum atomic E-state index is 4.15. The normalized spacial score (nSPS) is 15.9. The molecule has 1 aromatic rings. The smallest absolute Gasteiger partial charge is 0.127 e. The zero-order valence-electron chi connectivity index (χ0n) is 5.99. The van der Waals surface area contributed by atoms with E-state index in [4.69, 9.17) is 0 Å². The molecule has 10 heavy (non-hydrogen) atoms. The van der Waals surface area contributed by atoms with Gasteiger partial charge in [-0.15, -0.1) is 0 Å². The van der Waals surface area contributed by atoms with Gasteiger partial charge in [0.1, 0.15) is 5.82 Å². The molecular weight excluding hydrogens is 126 g/mol. The van der Waals surface area contributed by atoms with E-state index in [0.29, 0.717) is 0 Å². The molecule has 2 rings (SSSR count). The Morgan fingerprint density at radius 2 is 2.50 bits per heavy atom. The second-order valence-electron chi connectivity index (χ2n) is 2.36. The van der Waals surface area contributed by atoms with Crippen LogP contribution in [-0.4, -0.2) is 16.3 Å². The number of anilines is 1. The first-order chi connectivity index (χ1) is 4.92. The van der Waals surface area contributed by atoms with Gasteiger partial charge in [-0.3, -0.25) is 0 Å². The quantitative estimate of drug-likeness (QED) is 0.571. The van der Waals surface area contributed by atoms with Gasteiger partial charge in [-0.05, 0) is 6.92 Å². The van der Waals surface area contributed by atoms with Crippen molar-refractivity contribution in [3.63, 3.8) is 0 Å². The number of hydrogen-bond donors (Lipinski definition) is 0. The number of aromatic nitrogens is 2. The zero-order valence-corrected chi connectivity index (χ0v) is 5.99. The van der Waals surface area contributed by atoms with E-state index in [2.05, 4.69) is 16.5 Å². The Hall–Kier alpha value is -0.990. The number of fused-ring (bicyclic) bond motifs is 1. The lowest BCUT2D eigenvalue weighted by Gasteiger charge is -2.11. The van der Waals surface area contributed by atoms with Gasteiger partial charge >= 0.3 is 0 Å². The summed E-state index contributed by atoms with van der Waals surface area (Å²) in [5, 5.41) is 4.15. The van der Waals surface area contributed by atoms with Gasteiger partial charge in [-0.1, -0.05) is 0 Å². The predicted molar refractivity (Wildman–Crippen MR) is 39.5 cm³/mol. The summed E-state index contributed by atoms with van der Waals surface area (Å²) in [4.78, 5) is 2.20. The van der Waals surface area contributed by atoms with Crippen LogP contribution in [0.3, 0.4) is 0 Å².